The molecular formula is C14H24N2O3. The Balaban J connectivity index is 1.82. The van der Waals surface area contributed by atoms with Crippen molar-refractivity contribution in [3.8, 4) is 0 Å². The van der Waals surface area contributed by atoms with Gasteiger partial charge in [0.05, 0.1) is 6.42 Å². The van der Waals surface area contributed by atoms with Crippen LogP contribution in [0.4, 0.5) is 4.79 Å². The molecule has 0 radical (unpaired) electrons. The second-order valence-electron chi connectivity index (χ2n) is 5.99. The van der Waals surface area contributed by atoms with E-state index in [4.69, 9.17) is 5.11 Å². The zero-order valence-corrected chi connectivity index (χ0v) is 11.6. The van der Waals surface area contributed by atoms with E-state index in [0.29, 0.717) is 12.5 Å². The lowest BCUT2D eigenvalue weighted by atomic mass is 9.87. The van der Waals surface area contributed by atoms with Crippen molar-refractivity contribution in [2.24, 2.45) is 5.92 Å². The summed E-state index contributed by atoms with van der Waals surface area (Å²) in [4.78, 5) is 24.6. The van der Waals surface area contributed by atoms with Crippen molar-refractivity contribution in [2.45, 2.75) is 64.0 Å². The molecule has 2 atom stereocenters. The smallest absolute Gasteiger partial charge is 0.317 e. The molecule has 5 heteroatoms. The number of urea groups is 1. The van der Waals surface area contributed by atoms with Gasteiger partial charge in [-0.1, -0.05) is 19.8 Å². The van der Waals surface area contributed by atoms with Crippen molar-refractivity contribution in [2.75, 3.05) is 6.54 Å². The Morgan fingerprint density at radius 2 is 2.00 bits per heavy atom. The maximum Gasteiger partial charge on any atom is 0.317 e. The van der Waals surface area contributed by atoms with Gasteiger partial charge < -0.3 is 15.3 Å². The quantitative estimate of drug-likeness (QED) is 0.803. The van der Waals surface area contributed by atoms with Gasteiger partial charge in [0.1, 0.15) is 0 Å². The van der Waals surface area contributed by atoms with Gasteiger partial charge >= 0.3 is 12.0 Å². The lowest BCUT2D eigenvalue weighted by Crippen LogP contribution is -2.47. The summed E-state index contributed by atoms with van der Waals surface area (Å²) >= 11 is 0. The fourth-order valence-corrected chi connectivity index (χ4v) is 2.87. The molecule has 108 valence electrons. The molecule has 2 N–H and O–H groups in total. The molecule has 19 heavy (non-hydrogen) atoms. The predicted molar refractivity (Wildman–Crippen MR) is 71.9 cm³/mol. The second-order valence-corrected chi connectivity index (χ2v) is 5.99. The highest BCUT2D eigenvalue weighted by Gasteiger charge is 2.33. The van der Waals surface area contributed by atoms with E-state index in [0.717, 1.165) is 25.7 Å². The van der Waals surface area contributed by atoms with E-state index in [1.807, 2.05) is 0 Å². The van der Waals surface area contributed by atoms with Crippen LogP contribution < -0.4 is 5.32 Å². The molecule has 0 aromatic rings. The highest BCUT2D eigenvalue weighted by molar-refractivity contribution is 5.76. The van der Waals surface area contributed by atoms with Crippen molar-refractivity contribution in [1.29, 1.82) is 0 Å². The Labute approximate surface area is 114 Å². The lowest BCUT2D eigenvalue weighted by Gasteiger charge is -2.30. The summed E-state index contributed by atoms with van der Waals surface area (Å²) in [6.45, 7) is 2.55. The molecular weight excluding hydrogens is 244 g/mol. The Kier molecular flexibility index (Phi) is 4.66. The predicted octanol–water partition coefficient (Wildman–Crippen LogP) is 2.21. The minimum absolute atomic E-state index is 0.0327. The van der Waals surface area contributed by atoms with Gasteiger partial charge in [0.2, 0.25) is 0 Å². The van der Waals surface area contributed by atoms with Gasteiger partial charge in [0, 0.05) is 18.6 Å². The Morgan fingerprint density at radius 3 is 2.58 bits per heavy atom. The van der Waals surface area contributed by atoms with E-state index < -0.39 is 5.97 Å². The first-order valence-corrected chi connectivity index (χ1v) is 7.35. The van der Waals surface area contributed by atoms with Crippen LogP contribution in [0.5, 0.6) is 0 Å². The van der Waals surface area contributed by atoms with Crippen molar-refractivity contribution >= 4 is 12.0 Å². The molecule has 0 aliphatic heterocycles. The molecule has 0 bridgehead atoms. The highest BCUT2D eigenvalue weighted by Crippen LogP contribution is 2.28. The third-order valence-corrected chi connectivity index (χ3v) is 4.08. The number of carbonyl (C=O) groups excluding carboxylic acids is 1. The minimum atomic E-state index is -0.843. The van der Waals surface area contributed by atoms with Crippen LogP contribution in [0.2, 0.25) is 0 Å². The molecule has 0 aromatic heterocycles. The second kappa shape index (κ2) is 6.26. The van der Waals surface area contributed by atoms with Gasteiger partial charge in [-0.3, -0.25) is 4.79 Å². The maximum absolute atomic E-state index is 12.2. The number of carbonyl (C=O) groups is 2. The van der Waals surface area contributed by atoms with Crippen LogP contribution in [0.25, 0.3) is 0 Å². The summed E-state index contributed by atoms with van der Waals surface area (Å²) in [7, 11) is 0. The molecule has 0 spiro atoms. The van der Waals surface area contributed by atoms with Crippen LogP contribution in [0.3, 0.4) is 0 Å². The van der Waals surface area contributed by atoms with Gasteiger partial charge in [-0.15, -0.1) is 0 Å². The monoisotopic (exact) mass is 268 g/mol. The minimum Gasteiger partial charge on any atom is -0.481 e. The molecule has 0 saturated heterocycles. The fraction of sp³-hybridized carbons (Fsp3) is 0.857. The number of nitrogens with one attached hydrogen (secondary N) is 1. The molecule has 2 rings (SSSR count). The third kappa shape index (κ3) is 4.40. The molecule has 2 aliphatic rings. The first-order valence-electron chi connectivity index (χ1n) is 7.35. The molecule has 2 unspecified atom stereocenters. The molecule has 2 saturated carbocycles. The van der Waals surface area contributed by atoms with E-state index in [2.05, 4.69) is 12.2 Å². The number of nitrogens with zero attached hydrogens (tertiary/aromatic N) is 1. The van der Waals surface area contributed by atoms with Gasteiger partial charge in [-0.05, 0) is 31.6 Å². The zero-order chi connectivity index (χ0) is 13.8. The number of carboxylic acid groups (broad SMARTS) is 1. The van der Waals surface area contributed by atoms with E-state index >= 15 is 0 Å². The molecule has 0 aromatic carbocycles. The first-order chi connectivity index (χ1) is 9.06. The maximum atomic E-state index is 12.2. The number of aliphatic carboxylic acids is 1. The normalized spacial score (nSPS) is 26.8. The number of carboxylic acids is 1. The Hall–Kier alpha value is -1.26. The average molecular weight is 268 g/mol. The topological polar surface area (TPSA) is 69.6 Å². The SMILES string of the molecule is CC1CCCC(NC(=O)N(CCC(=O)O)C2CC2)C1. The zero-order valence-electron chi connectivity index (χ0n) is 11.6. The van der Waals surface area contributed by atoms with Gasteiger partial charge in [-0.2, -0.15) is 0 Å². The fourth-order valence-electron chi connectivity index (χ4n) is 2.87. The van der Waals surface area contributed by atoms with E-state index in [-0.39, 0.29) is 24.5 Å². The van der Waals surface area contributed by atoms with Gasteiger partial charge in [0.25, 0.3) is 0 Å². The number of amides is 2. The van der Waals surface area contributed by atoms with Crippen molar-refractivity contribution in [3.05, 3.63) is 0 Å². The van der Waals surface area contributed by atoms with Crippen LogP contribution in [0, 0.1) is 5.92 Å². The first kappa shape index (κ1) is 14.2. The standard InChI is InChI=1S/C14H24N2O3/c1-10-3-2-4-11(9-10)15-14(19)16(12-5-6-12)8-7-13(17)18/h10-12H,2-9H2,1H3,(H,15,19)(H,17,18). The van der Waals surface area contributed by atoms with Crippen molar-refractivity contribution < 1.29 is 14.7 Å². The molecule has 5 nitrogen and oxygen atoms in total. The number of rotatable bonds is 5. The molecule has 2 amide bonds. The van der Waals surface area contributed by atoms with E-state index in [9.17, 15) is 9.59 Å². The van der Waals surface area contributed by atoms with E-state index in [1.165, 1.54) is 12.8 Å². The van der Waals surface area contributed by atoms with E-state index in [1.54, 1.807) is 4.90 Å². The van der Waals surface area contributed by atoms with Crippen LogP contribution in [-0.2, 0) is 4.79 Å². The summed E-state index contributed by atoms with van der Waals surface area (Å²) in [6.07, 6.45) is 6.56. The average Bonchev–Trinajstić information content (AvgIpc) is 3.13. The highest BCUT2D eigenvalue weighted by atomic mass is 16.4. The summed E-state index contributed by atoms with van der Waals surface area (Å²) in [5.41, 5.74) is 0. The summed E-state index contributed by atoms with van der Waals surface area (Å²) < 4.78 is 0. The number of hydrogen-bond acceptors (Lipinski definition) is 2. The molecule has 2 fully saturated rings. The van der Waals surface area contributed by atoms with Crippen LogP contribution >= 0.6 is 0 Å². The van der Waals surface area contributed by atoms with Crippen LogP contribution in [-0.4, -0.2) is 40.6 Å². The van der Waals surface area contributed by atoms with Crippen LogP contribution in [0.15, 0.2) is 0 Å². The third-order valence-electron chi connectivity index (χ3n) is 4.08. The Morgan fingerprint density at radius 1 is 1.26 bits per heavy atom. The summed E-state index contributed by atoms with van der Waals surface area (Å²) in [5, 5.41) is 11.8. The number of hydrogen-bond donors (Lipinski definition) is 2. The largest absolute Gasteiger partial charge is 0.481 e. The lowest BCUT2D eigenvalue weighted by molar-refractivity contribution is -0.137. The molecule has 0 heterocycles. The van der Waals surface area contributed by atoms with Crippen molar-refractivity contribution in [1.82, 2.24) is 10.2 Å². The summed E-state index contributed by atoms with van der Waals surface area (Å²) in [6, 6.07) is 0.463. The summed E-state index contributed by atoms with van der Waals surface area (Å²) in [5.74, 6) is -0.169. The Bertz CT molecular complexity index is 342. The molecule has 2 aliphatic carbocycles. The van der Waals surface area contributed by atoms with Gasteiger partial charge in [-0.25, -0.2) is 4.79 Å². The van der Waals surface area contributed by atoms with Gasteiger partial charge in [0.15, 0.2) is 0 Å². The van der Waals surface area contributed by atoms with Crippen LogP contribution in [0.1, 0.15) is 51.9 Å². The van der Waals surface area contributed by atoms with Crippen molar-refractivity contribution in [3.63, 3.8) is 0 Å².